The third-order valence-corrected chi connectivity index (χ3v) is 12.0. The van der Waals surface area contributed by atoms with Gasteiger partial charge in [0, 0.05) is 36.2 Å². The first-order chi connectivity index (χ1) is 20.8. The van der Waals surface area contributed by atoms with E-state index in [9.17, 15) is 24.3 Å². The van der Waals surface area contributed by atoms with E-state index in [1.54, 1.807) is 12.3 Å². The van der Waals surface area contributed by atoms with E-state index in [0.29, 0.717) is 31.2 Å². The summed E-state index contributed by atoms with van der Waals surface area (Å²) in [5, 5.41) is 20.7. The van der Waals surface area contributed by atoms with Crippen LogP contribution in [-0.4, -0.2) is 64.1 Å². The van der Waals surface area contributed by atoms with E-state index in [0.717, 1.165) is 19.3 Å². The summed E-state index contributed by atoms with van der Waals surface area (Å²) in [6, 6.07) is 1.76. The lowest BCUT2D eigenvalue weighted by atomic mass is 9.38. The molecule has 5 aliphatic rings. The lowest BCUT2D eigenvalue weighted by molar-refractivity contribution is -0.256. The van der Waals surface area contributed by atoms with Crippen LogP contribution in [-0.2, 0) is 38.1 Å². The van der Waals surface area contributed by atoms with Crippen LogP contribution in [0.5, 0.6) is 0 Å². The van der Waals surface area contributed by atoms with Gasteiger partial charge in [0.2, 0.25) is 6.29 Å². The molecule has 2 N–H and O–H groups in total. The summed E-state index contributed by atoms with van der Waals surface area (Å²) < 4.78 is 29.7. The molecule has 6 rings (SSSR count). The zero-order chi connectivity index (χ0) is 31.7. The summed E-state index contributed by atoms with van der Waals surface area (Å²) >= 11 is 0. The van der Waals surface area contributed by atoms with Crippen LogP contribution >= 0.6 is 0 Å². The van der Waals surface area contributed by atoms with Gasteiger partial charge in [-0.25, -0.2) is 4.79 Å². The molecular formula is C33H44O11. The van der Waals surface area contributed by atoms with Crippen molar-refractivity contribution in [1.82, 2.24) is 0 Å². The highest BCUT2D eigenvalue weighted by molar-refractivity contribution is 5.93. The molecule has 9 atom stereocenters. The van der Waals surface area contributed by atoms with E-state index < -0.39 is 75.7 Å². The van der Waals surface area contributed by atoms with Gasteiger partial charge in [-0.1, -0.05) is 26.2 Å². The van der Waals surface area contributed by atoms with E-state index >= 15 is 0 Å². The van der Waals surface area contributed by atoms with Crippen molar-refractivity contribution in [1.29, 1.82) is 0 Å². The maximum atomic E-state index is 14.5. The molecule has 1 spiro atoms. The number of cyclic esters (lactones) is 1. The molecule has 2 aliphatic carbocycles. The second kappa shape index (κ2) is 10.7. The van der Waals surface area contributed by atoms with E-state index in [4.69, 9.17) is 28.5 Å². The molecule has 1 aromatic rings. The van der Waals surface area contributed by atoms with Crippen LogP contribution < -0.4 is 0 Å². The highest BCUT2D eigenvalue weighted by Crippen LogP contribution is 2.79. The topological polar surface area (TPSA) is 162 Å². The highest BCUT2D eigenvalue weighted by Gasteiger charge is 2.89. The number of furan rings is 1. The molecular weight excluding hydrogens is 572 g/mol. The third kappa shape index (κ3) is 4.25. The van der Waals surface area contributed by atoms with Crippen molar-refractivity contribution < 1.29 is 52.8 Å². The number of hydrogen-bond donors (Lipinski definition) is 2. The molecule has 1 aromatic heterocycles. The van der Waals surface area contributed by atoms with Gasteiger partial charge < -0.3 is 33.6 Å². The third-order valence-electron chi connectivity index (χ3n) is 12.0. The van der Waals surface area contributed by atoms with Crippen molar-refractivity contribution in [2.75, 3.05) is 6.61 Å². The maximum Gasteiger partial charge on any atom is 0.339 e. The molecule has 44 heavy (non-hydrogen) atoms. The summed E-state index contributed by atoms with van der Waals surface area (Å²) in [5.74, 6) is -2.81. The molecule has 0 aromatic carbocycles. The van der Waals surface area contributed by atoms with Crippen LogP contribution in [0.2, 0.25) is 0 Å². The molecule has 0 radical (unpaired) electrons. The molecule has 3 saturated heterocycles. The lowest BCUT2D eigenvalue weighted by Gasteiger charge is -2.64. The monoisotopic (exact) mass is 616 g/mol. The van der Waals surface area contributed by atoms with Gasteiger partial charge in [0.05, 0.1) is 35.6 Å². The number of aliphatic hydroxyl groups excluding tert-OH is 1. The summed E-state index contributed by atoms with van der Waals surface area (Å²) in [4.78, 5) is 51.5. The largest absolute Gasteiger partial charge is 0.481 e. The molecule has 5 fully saturated rings. The van der Waals surface area contributed by atoms with Crippen molar-refractivity contribution in [2.45, 2.75) is 122 Å². The highest BCUT2D eigenvalue weighted by atomic mass is 16.7. The number of carbonyl (C=O) groups is 4. The Morgan fingerprint density at radius 2 is 1.73 bits per heavy atom. The number of carbonyl (C=O) groups excluding carboxylic acids is 3. The SMILES string of the molecule is CC1(C)OC[C@]2([C@@H](O)OC(=O)CCCCCCCC(=O)O)[C@@H]1CC(=O)[C@]1(C)[C@H]2CC[C@]2(C)[C@H](c3ccoc3)OC(=O)[C@@H]3O[C@@]321. The first kappa shape index (κ1) is 31.2. The van der Waals surface area contributed by atoms with Crippen LogP contribution in [0, 0.1) is 28.1 Å². The number of esters is 2. The Morgan fingerprint density at radius 1 is 1.02 bits per heavy atom. The predicted molar refractivity (Wildman–Crippen MR) is 152 cm³/mol. The number of aliphatic carboxylic acids is 1. The Morgan fingerprint density at radius 3 is 2.41 bits per heavy atom. The number of epoxide rings is 1. The molecule has 2 saturated carbocycles. The fourth-order valence-electron chi connectivity index (χ4n) is 9.79. The fraction of sp³-hybridized carbons (Fsp3) is 0.758. The Bertz CT molecular complexity index is 1320. The smallest absolute Gasteiger partial charge is 0.339 e. The number of unbranched alkanes of at least 4 members (excludes halogenated alkanes) is 4. The first-order valence-corrected chi connectivity index (χ1v) is 15.9. The molecule has 0 bridgehead atoms. The van der Waals surface area contributed by atoms with Gasteiger partial charge in [-0.15, -0.1) is 0 Å². The molecule has 0 amide bonds. The molecule has 3 aliphatic heterocycles. The van der Waals surface area contributed by atoms with Crippen molar-refractivity contribution in [3.05, 3.63) is 24.2 Å². The van der Waals surface area contributed by atoms with Gasteiger partial charge in [-0.3, -0.25) is 14.4 Å². The zero-order valence-corrected chi connectivity index (χ0v) is 26.0. The van der Waals surface area contributed by atoms with Gasteiger partial charge in [-0.2, -0.15) is 0 Å². The maximum absolute atomic E-state index is 14.5. The second-order valence-corrected chi connectivity index (χ2v) is 14.5. The van der Waals surface area contributed by atoms with Crippen LogP contribution in [0.25, 0.3) is 0 Å². The van der Waals surface area contributed by atoms with Crippen molar-refractivity contribution in [3.63, 3.8) is 0 Å². The lowest BCUT2D eigenvalue weighted by Crippen LogP contribution is -2.72. The number of fused-ring (bicyclic) bond motifs is 3. The normalized spacial score (nSPS) is 40.6. The molecule has 11 nitrogen and oxygen atoms in total. The Balaban J connectivity index is 1.26. The molecule has 242 valence electrons. The van der Waals surface area contributed by atoms with Crippen LogP contribution in [0.1, 0.15) is 104 Å². The first-order valence-electron chi connectivity index (χ1n) is 15.9. The number of hydrogen-bond acceptors (Lipinski definition) is 10. The standard InChI is InChI=1S/C33H44O11/c1-29(2)21-16-22(34)31(4)20(12-14-30(3)25(19-13-15-40-17-19)43-27(38)26-33(30,31)44-26)32(21,18-41-29)28(39)42-24(37)11-9-7-5-6-8-10-23(35)36/h13,15,17,20-21,25-26,28,39H,5-12,14,16,18H2,1-4H3,(H,35,36)/t20-,21-,25+,26+,28+,30-,31+,32-,33+/m1/s1. The van der Waals surface area contributed by atoms with E-state index in [2.05, 4.69) is 0 Å². The minimum Gasteiger partial charge on any atom is -0.481 e. The van der Waals surface area contributed by atoms with Gasteiger partial charge in [0.25, 0.3) is 0 Å². The Kier molecular flexibility index (Phi) is 7.57. The summed E-state index contributed by atoms with van der Waals surface area (Å²) in [6.07, 6.45) is 4.85. The molecule has 4 heterocycles. The summed E-state index contributed by atoms with van der Waals surface area (Å²) in [5.41, 5.74) is -4.23. The second-order valence-electron chi connectivity index (χ2n) is 14.5. The van der Waals surface area contributed by atoms with E-state index in [1.807, 2.05) is 27.7 Å². The van der Waals surface area contributed by atoms with Crippen molar-refractivity contribution in [3.8, 4) is 0 Å². The van der Waals surface area contributed by atoms with Gasteiger partial charge >= 0.3 is 17.9 Å². The van der Waals surface area contributed by atoms with E-state index in [1.165, 1.54) is 6.26 Å². The minimum atomic E-state index is -1.52. The fourth-order valence-corrected chi connectivity index (χ4v) is 9.79. The number of rotatable bonds is 11. The number of Topliss-reactive ketones (excluding diaryl/α,β-unsaturated/α-hetero) is 1. The average Bonchev–Trinajstić information content (AvgIpc) is 3.42. The number of ether oxygens (including phenoxy) is 4. The Hall–Kier alpha value is -2.76. The van der Waals surface area contributed by atoms with Gasteiger partial charge in [0.15, 0.2) is 6.10 Å². The number of ketones is 1. The number of carboxylic acid groups (broad SMARTS) is 1. The van der Waals surface area contributed by atoms with Crippen LogP contribution in [0.4, 0.5) is 0 Å². The zero-order valence-electron chi connectivity index (χ0n) is 26.0. The van der Waals surface area contributed by atoms with Crippen LogP contribution in [0.15, 0.2) is 23.0 Å². The van der Waals surface area contributed by atoms with Gasteiger partial charge in [-0.05, 0) is 58.4 Å². The van der Waals surface area contributed by atoms with Crippen molar-refractivity contribution >= 4 is 23.7 Å². The molecule has 11 heteroatoms. The Labute approximate surface area is 256 Å². The minimum absolute atomic E-state index is 0.0443. The summed E-state index contributed by atoms with van der Waals surface area (Å²) in [6.45, 7) is 7.79. The predicted octanol–water partition coefficient (Wildman–Crippen LogP) is 4.50. The number of carboxylic acids is 1. The van der Waals surface area contributed by atoms with Gasteiger partial charge in [0.1, 0.15) is 17.5 Å². The van der Waals surface area contributed by atoms with E-state index in [-0.39, 0.29) is 31.7 Å². The average molecular weight is 617 g/mol. The molecule has 0 unspecified atom stereocenters. The quantitative estimate of drug-likeness (QED) is 0.156. The van der Waals surface area contributed by atoms with Crippen molar-refractivity contribution in [2.24, 2.45) is 28.1 Å². The number of aliphatic hydroxyl groups is 1. The van der Waals surface area contributed by atoms with Crippen LogP contribution in [0.3, 0.4) is 0 Å². The summed E-state index contributed by atoms with van der Waals surface area (Å²) in [7, 11) is 0.